The Bertz CT molecular complexity index is 541. The van der Waals surface area contributed by atoms with Gasteiger partial charge in [-0.25, -0.2) is 4.68 Å². The Labute approximate surface area is 128 Å². The highest BCUT2D eigenvalue weighted by Gasteiger charge is 2.36. The van der Waals surface area contributed by atoms with Crippen molar-refractivity contribution in [3.63, 3.8) is 0 Å². The lowest BCUT2D eigenvalue weighted by molar-refractivity contribution is 0.258. The molecule has 0 aromatic carbocycles. The summed E-state index contributed by atoms with van der Waals surface area (Å²) in [4.78, 5) is 12.6. The maximum atomic E-state index is 12.6. The molecule has 1 aromatic heterocycles. The zero-order valence-electron chi connectivity index (χ0n) is 12.0. The van der Waals surface area contributed by atoms with Gasteiger partial charge in [0.1, 0.15) is 5.69 Å². The monoisotopic (exact) mass is 339 g/mol. The third-order valence-electron chi connectivity index (χ3n) is 5.03. The van der Waals surface area contributed by atoms with Crippen LogP contribution in [0.3, 0.4) is 0 Å². The minimum absolute atomic E-state index is 0.0194. The number of aromatic nitrogens is 2. The van der Waals surface area contributed by atoms with Crippen molar-refractivity contribution in [2.24, 2.45) is 5.92 Å². The Balaban J connectivity index is 1.85. The average molecular weight is 340 g/mol. The summed E-state index contributed by atoms with van der Waals surface area (Å²) in [6, 6.07) is 0. The van der Waals surface area contributed by atoms with Crippen molar-refractivity contribution in [3.05, 3.63) is 21.0 Å². The van der Waals surface area contributed by atoms with Crippen LogP contribution in [0.5, 0.6) is 0 Å². The lowest BCUT2D eigenvalue weighted by atomic mass is 9.75. The molecular weight excluding hydrogens is 318 g/mol. The van der Waals surface area contributed by atoms with Crippen LogP contribution in [-0.2, 0) is 6.54 Å². The van der Waals surface area contributed by atoms with Crippen molar-refractivity contribution in [1.82, 2.24) is 9.78 Å². The van der Waals surface area contributed by atoms with Crippen molar-refractivity contribution in [1.29, 1.82) is 0 Å². The Morgan fingerprint density at radius 3 is 2.70 bits per heavy atom. The van der Waals surface area contributed by atoms with Gasteiger partial charge in [-0.1, -0.05) is 13.3 Å². The van der Waals surface area contributed by atoms with Crippen molar-refractivity contribution < 1.29 is 0 Å². The van der Waals surface area contributed by atoms with Crippen molar-refractivity contribution in [2.75, 3.05) is 5.32 Å². The average Bonchev–Trinajstić information content (AvgIpc) is 2.34. The van der Waals surface area contributed by atoms with Crippen LogP contribution >= 0.6 is 15.9 Å². The van der Waals surface area contributed by atoms with E-state index >= 15 is 0 Å². The number of hydrogen-bond acceptors (Lipinski definition) is 3. The Morgan fingerprint density at radius 2 is 2.20 bits per heavy atom. The molecule has 0 saturated heterocycles. The highest BCUT2D eigenvalue weighted by molar-refractivity contribution is 9.10. The number of anilines is 1. The molecule has 0 amide bonds. The van der Waals surface area contributed by atoms with E-state index in [4.69, 9.17) is 0 Å². The van der Waals surface area contributed by atoms with Crippen LogP contribution in [0, 0.1) is 5.92 Å². The predicted molar refractivity (Wildman–Crippen MR) is 84.0 cm³/mol. The largest absolute Gasteiger partial charge is 0.374 e. The quantitative estimate of drug-likeness (QED) is 0.892. The van der Waals surface area contributed by atoms with Gasteiger partial charge in [0.15, 0.2) is 0 Å². The normalized spacial score (nSPS) is 21.1. The number of nitrogens with one attached hydrogen (secondary N) is 1. The maximum absolute atomic E-state index is 12.6. The van der Waals surface area contributed by atoms with Crippen LogP contribution < -0.4 is 10.9 Å². The zero-order chi connectivity index (χ0) is 14.2. The number of hydrogen-bond donors (Lipinski definition) is 1. The van der Waals surface area contributed by atoms with Gasteiger partial charge >= 0.3 is 0 Å². The molecule has 0 unspecified atom stereocenters. The summed E-state index contributed by atoms with van der Waals surface area (Å²) >= 11 is 3.48. The molecule has 2 aliphatic rings. The first-order chi connectivity index (χ1) is 9.63. The van der Waals surface area contributed by atoms with Gasteiger partial charge in [0, 0.05) is 12.1 Å². The molecule has 0 radical (unpaired) electrons. The molecule has 0 atom stereocenters. The molecule has 0 bridgehead atoms. The minimum Gasteiger partial charge on any atom is -0.374 e. The topological polar surface area (TPSA) is 46.9 Å². The molecule has 0 spiro atoms. The van der Waals surface area contributed by atoms with Gasteiger partial charge in [-0.2, -0.15) is 5.10 Å². The third-order valence-corrected chi connectivity index (χ3v) is 5.63. The molecule has 20 heavy (non-hydrogen) atoms. The van der Waals surface area contributed by atoms with E-state index in [2.05, 4.69) is 33.3 Å². The van der Waals surface area contributed by atoms with Crippen LogP contribution in [0.4, 0.5) is 5.69 Å². The van der Waals surface area contributed by atoms with Gasteiger partial charge in [0.05, 0.1) is 10.7 Å². The number of halogens is 1. The molecule has 3 rings (SSSR count). The van der Waals surface area contributed by atoms with Crippen LogP contribution in [-0.4, -0.2) is 15.3 Å². The van der Waals surface area contributed by atoms with Crippen LogP contribution in [0.2, 0.25) is 0 Å². The first-order valence-corrected chi connectivity index (χ1v) is 8.47. The Hall–Kier alpha value is -0.840. The van der Waals surface area contributed by atoms with E-state index < -0.39 is 0 Å². The standard InChI is InChI=1S/C15H22BrN3O/c1-2-15(7-4-8-15)18-13-12(16)9-17-19(14(13)20)10-11-5-3-6-11/h9,11,18H,2-8,10H2,1H3. The molecule has 1 heterocycles. The highest BCUT2D eigenvalue weighted by atomic mass is 79.9. The van der Waals surface area contributed by atoms with Crippen LogP contribution in [0.15, 0.2) is 15.5 Å². The lowest BCUT2D eigenvalue weighted by Crippen LogP contribution is -2.46. The minimum atomic E-state index is 0.0194. The lowest BCUT2D eigenvalue weighted by Gasteiger charge is -2.42. The van der Waals surface area contributed by atoms with Gasteiger partial charge < -0.3 is 5.32 Å². The summed E-state index contributed by atoms with van der Waals surface area (Å²) in [5.41, 5.74) is 0.837. The van der Waals surface area contributed by atoms with Gasteiger partial charge in [-0.3, -0.25) is 4.79 Å². The molecule has 2 aliphatic carbocycles. The molecule has 110 valence electrons. The summed E-state index contributed by atoms with van der Waals surface area (Å²) in [6.45, 7) is 2.95. The van der Waals surface area contributed by atoms with Crippen LogP contribution in [0.25, 0.3) is 0 Å². The van der Waals surface area contributed by atoms with E-state index in [9.17, 15) is 4.79 Å². The molecule has 1 aromatic rings. The smallest absolute Gasteiger partial charge is 0.291 e. The maximum Gasteiger partial charge on any atom is 0.291 e. The van der Waals surface area contributed by atoms with Gasteiger partial charge in [-0.05, 0) is 60.4 Å². The molecule has 0 aliphatic heterocycles. The first-order valence-electron chi connectivity index (χ1n) is 7.67. The Kier molecular flexibility index (Phi) is 3.89. The van der Waals surface area contributed by atoms with Crippen molar-refractivity contribution in [3.8, 4) is 0 Å². The second-order valence-corrected chi connectivity index (χ2v) is 7.12. The summed E-state index contributed by atoms with van der Waals surface area (Å²) < 4.78 is 2.42. The fourth-order valence-corrected chi connectivity index (χ4v) is 3.43. The molecule has 5 heteroatoms. The van der Waals surface area contributed by atoms with Gasteiger partial charge in [0.25, 0.3) is 5.56 Å². The molecule has 1 N–H and O–H groups in total. The zero-order valence-corrected chi connectivity index (χ0v) is 13.6. The molecule has 4 nitrogen and oxygen atoms in total. The second-order valence-electron chi connectivity index (χ2n) is 6.26. The first kappa shape index (κ1) is 14.1. The van der Waals surface area contributed by atoms with Gasteiger partial charge in [0.2, 0.25) is 0 Å². The molecule has 2 fully saturated rings. The van der Waals surface area contributed by atoms with Crippen LogP contribution in [0.1, 0.15) is 51.9 Å². The molecular formula is C15H22BrN3O. The fraction of sp³-hybridized carbons (Fsp3) is 0.733. The second kappa shape index (κ2) is 5.51. The fourth-order valence-electron chi connectivity index (χ4n) is 3.07. The van der Waals surface area contributed by atoms with Crippen molar-refractivity contribution in [2.45, 2.75) is 64.0 Å². The van der Waals surface area contributed by atoms with E-state index in [0.717, 1.165) is 30.3 Å². The van der Waals surface area contributed by atoms with E-state index in [1.807, 2.05) is 0 Å². The van der Waals surface area contributed by atoms with E-state index in [0.29, 0.717) is 11.6 Å². The highest BCUT2D eigenvalue weighted by Crippen LogP contribution is 2.38. The van der Waals surface area contributed by atoms with Gasteiger partial charge in [-0.15, -0.1) is 0 Å². The van der Waals surface area contributed by atoms with E-state index in [1.54, 1.807) is 10.9 Å². The SMILES string of the molecule is CCC1(Nc2c(Br)cnn(CC3CCC3)c2=O)CCC1. The van der Waals surface area contributed by atoms with E-state index in [-0.39, 0.29) is 11.1 Å². The Morgan fingerprint density at radius 1 is 1.45 bits per heavy atom. The summed E-state index contributed by atoms with van der Waals surface area (Å²) in [7, 11) is 0. The van der Waals surface area contributed by atoms with E-state index in [1.165, 1.54) is 25.7 Å². The molecule has 2 saturated carbocycles. The number of rotatable bonds is 5. The number of nitrogens with zero attached hydrogens (tertiary/aromatic N) is 2. The summed E-state index contributed by atoms with van der Waals surface area (Å²) in [6.07, 6.45) is 10.1. The predicted octanol–water partition coefficient (Wildman–Crippen LogP) is 3.55. The summed E-state index contributed by atoms with van der Waals surface area (Å²) in [5, 5.41) is 7.78. The third kappa shape index (κ3) is 2.52. The summed E-state index contributed by atoms with van der Waals surface area (Å²) in [5.74, 6) is 0.637. The van der Waals surface area contributed by atoms with Crippen molar-refractivity contribution >= 4 is 21.6 Å².